The minimum atomic E-state index is -0.610. The molecular weight excluding hydrogens is 292 g/mol. The fraction of sp³-hybridized carbons (Fsp3) is 0.294. The van der Waals surface area contributed by atoms with Gasteiger partial charge >= 0.3 is 0 Å². The number of hydrogen-bond acceptors (Lipinski definition) is 1. The highest BCUT2D eigenvalue weighted by molar-refractivity contribution is 6.30. The second-order valence-corrected chi connectivity index (χ2v) is 5.55. The molecular formula is C17H18ClF2N. The first kappa shape index (κ1) is 15.9. The Hall–Kier alpha value is -1.45. The van der Waals surface area contributed by atoms with Crippen LogP contribution in [0.5, 0.6) is 0 Å². The molecule has 2 rings (SSSR count). The summed E-state index contributed by atoms with van der Waals surface area (Å²) in [5, 5.41) is 3.02. The van der Waals surface area contributed by atoms with Crippen LogP contribution in [0, 0.1) is 25.5 Å². The summed E-state index contributed by atoms with van der Waals surface area (Å²) in [5.41, 5.74) is 3.32. The van der Waals surface area contributed by atoms with Crippen molar-refractivity contribution in [3.05, 3.63) is 69.2 Å². The molecule has 0 spiro atoms. The van der Waals surface area contributed by atoms with Gasteiger partial charge in [-0.2, -0.15) is 0 Å². The van der Waals surface area contributed by atoms with Crippen molar-refractivity contribution < 1.29 is 8.78 Å². The lowest BCUT2D eigenvalue weighted by molar-refractivity contribution is 0.544. The van der Waals surface area contributed by atoms with Crippen LogP contribution in [0.2, 0.25) is 5.02 Å². The largest absolute Gasteiger partial charge is 0.306 e. The third-order valence-corrected chi connectivity index (χ3v) is 3.79. The molecule has 0 aliphatic rings. The molecule has 2 aromatic rings. The molecule has 0 aromatic heterocycles. The van der Waals surface area contributed by atoms with E-state index >= 15 is 0 Å². The molecule has 0 aliphatic carbocycles. The van der Waals surface area contributed by atoms with E-state index in [1.54, 1.807) is 0 Å². The van der Waals surface area contributed by atoms with E-state index in [9.17, 15) is 8.78 Å². The van der Waals surface area contributed by atoms with Crippen LogP contribution in [0.3, 0.4) is 0 Å². The molecule has 0 heterocycles. The van der Waals surface area contributed by atoms with Gasteiger partial charge in [-0.05, 0) is 43.7 Å². The SMILES string of the molecule is CCNC(c1cc(C)ccc1C)c1cc(F)c(Cl)cc1F. The highest BCUT2D eigenvalue weighted by Crippen LogP contribution is 2.30. The summed E-state index contributed by atoms with van der Waals surface area (Å²) in [5.74, 6) is -1.12. The van der Waals surface area contributed by atoms with Crippen LogP contribution < -0.4 is 5.32 Å². The van der Waals surface area contributed by atoms with E-state index in [1.165, 1.54) is 6.07 Å². The highest BCUT2D eigenvalue weighted by Gasteiger charge is 2.21. The molecule has 112 valence electrons. The number of hydrogen-bond donors (Lipinski definition) is 1. The number of halogens is 3. The summed E-state index contributed by atoms with van der Waals surface area (Å²) in [6.45, 7) is 6.51. The normalized spacial score (nSPS) is 12.5. The summed E-state index contributed by atoms with van der Waals surface area (Å²) in [4.78, 5) is 0. The molecule has 0 saturated carbocycles. The van der Waals surface area contributed by atoms with Crippen molar-refractivity contribution in [1.29, 1.82) is 0 Å². The second kappa shape index (κ2) is 6.54. The first-order valence-electron chi connectivity index (χ1n) is 6.89. The van der Waals surface area contributed by atoms with Gasteiger partial charge in [-0.25, -0.2) is 8.78 Å². The van der Waals surface area contributed by atoms with Crippen molar-refractivity contribution in [3.8, 4) is 0 Å². The summed E-state index contributed by atoms with van der Waals surface area (Å²) >= 11 is 5.63. The predicted molar refractivity (Wildman–Crippen MR) is 82.8 cm³/mol. The van der Waals surface area contributed by atoms with E-state index in [1.807, 2.05) is 39.0 Å². The topological polar surface area (TPSA) is 12.0 Å². The van der Waals surface area contributed by atoms with Gasteiger partial charge in [0, 0.05) is 5.56 Å². The summed E-state index contributed by atoms with van der Waals surface area (Å²) < 4.78 is 28.0. The number of benzene rings is 2. The quantitative estimate of drug-likeness (QED) is 0.789. The Kier molecular flexibility index (Phi) is 4.96. The average Bonchev–Trinajstić information content (AvgIpc) is 2.43. The van der Waals surface area contributed by atoms with Gasteiger partial charge in [0.25, 0.3) is 0 Å². The van der Waals surface area contributed by atoms with E-state index < -0.39 is 17.7 Å². The Bertz CT molecular complexity index is 655. The summed E-state index contributed by atoms with van der Waals surface area (Å²) in [7, 11) is 0. The standard InChI is InChI=1S/C17H18ClF2N/c1-4-21-17(12-7-10(2)5-6-11(12)3)13-8-16(20)14(18)9-15(13)19/h5-9,17,21H,4H2,1-3H3. The van der Waals surface area contributed by atoms with Gasteiger partial charge in [0.2, 0.25) is 0 Å². The molecule has 0 amide bonds. The van der Waals surface area contributed by atoms with Crippen molar-refractivity contribution >= 4 is 11.6 Å². The van der Waals surface area contributed by atoms with E-state index in [0.29, 0.717) is 6.54 Å². The van der Waals surface area contributed by atoms with E-state index in [-0.39, 0.29) is 10.6 Å². The molecule has 1 atom stereocenters. The van der Waals surface area contributed by atoms with Crippen LogP contribution in [-0.4, -0.2) is 6.54 Å². The second-order valence-electron chi connectivity index (χ2n) is 5.14. The van der Waals surface area contributed by atoms with Crippen LogP contribution in [0.1, 0.15) is 35.2 Å². The molecule has 0 fully saturated rings. The molecule has 0 saturated heterocycles. The van der Waals surface area contributed by atoms with Crippen molar-refractivity contribution in [2.75, 3.05) is 6.54 Å². The van der Waals surface area contributed by atoms with Gasteiger partial charge in [0.15, 0.2) is 0 Å². The van der Waals surface area contributed by atoms with E-state index in [4.69, 9.17) is 11.6 Å². The van der Waals surface area contributed by atoms with Crippen LogP contribution >= 0.6 is 11.6 Å². The summed E-state index contributed by atoms with van der Waals surface area (Å²) in [6, 6.07) is 7.78. The number of nitrogens with one attached hydrogen (secondary N) is 1. The van der Waals surface area contributed by atoms with Crippen LogP contribution in [-0.2, 0) is 0 Å². The molecule has 1 nitrogen and oxygen atoms in total. The molecule has 1 unspecified atom stereocenters. The van der Waals surface area contributed by atoms with E-state index in [2.05, 4.69) is 5.32 Å². The van der Waals surface area contributed by atoms with Crippen LogP contribution in [0.15, 0.2) is 30.3 Å². The predicted octanol–water partition coefficient (Wildman–Crippen LogP) is 4.93. The Morgan fingerprint density at radius 1 is 1.05 bits per heavy atom. The molecule has 21 heavy (non-hydrogen) atoms. The molecule has 1 N–H and O–H groups in total. The number of rotatable bonds is 4. The molecule has 0 aliphatic heterocycles. The zero-order valence-electron chi connectivity index (χ0n) is 12.3. The van der Waals surface area contributed by atoms with Crippen LogP contribution in [0.4, 0.5) is 8.78 Å². The van der Waals surface area contributed by atoms with Gasteiger partial charge in [-0.1, -0.05) is 42.3 Å². The Morgan fingerprint density at radius 3 is 2.43 bits per heavy atom. The maximum Gasteiger partial charge on any atom is 0.142 e. The van der Waals surface area contributed by atoms with Gasteiger partial charge in [-0.15, -0.1) is 0 Å². The Labute approximate surface area is 128 Å². The lowest BCUT2D eigenvalue weighted by atomic mass is 9.93. The molecule has 0 bridgehead atoms. The van der Waals surface area contributed by atoms with Crippen molar-refractivity contribution in [3.63, 3.8) is 0 Å². The monoisotopic (exact) mass is 309 g/mol. The van der Waals surface area contributed by atoms with E-state index in [0.717, 1.165) is 22.8 Å². The third-order valence-electron chi connectivity index (χ3n) is 3.50. The smallest absolute Gasteiger partial charge is 0.142 e. The highest BCUT2D eigenvalue weighted by atomic mass is 35.5. The lowest BCUT2D eigenvalue weighted by Gasteiger charge is -2.22. The fourth-order valence-corrected chi connectivity index (χ4v) is 2.57. The fourth-order valence-electron chi connectivity index (χ4n) is 2.42. The Morgan fingerprint density at radius 2 is 1.76 bits per heavy atom. The summed E-state index contributed by atoms with van der Waals surface area (Å²) in [6.07, 6.45) is 0. The molecule has 4 heteroatoms. The van der Waals surface area contributed by atoms with Gasteiger partial charge < -0.3 is 5.32 Å². The van der Waals surface area contributed by atoms with Crippen molar-refractivity contribution in [2.45, 2.75) is 26.8 Å². The molecule has 0 radical (unpaired) electrons. The first-order chi connectivity index (χ1) is 9.93. The van der Waals surface area contributed by atoms with Gasteiger partial charge in [-0.3, -0.25) is 0 Å². The van der Waals surface area contributed by atoms with Gasteiger partial charge in [0.1, 0.15) is 11.6 Å². The zero-order valence-corrected chi connectivity index (χ0v) is 13.1. The maximum atomic E-state index is 14.2. The minimum Gasteiger partial charge on any atom is -0.306 e. The maximum absolute atomic E-state index is 14.2. The Balaban J connectivity index is 2.58. The van der Waals surface area contributed by atoms with Crippen molar-refractivity contribution in [2.24, 2.45) is 0 Å². The zero-order chi connectivity index (χ0) is 15.6. The van der Waals surface area contributed by atoms with Crippen molar-refractivity contribution in [1.82, 2.24) is 5.32 Å². The third kappa shape index (κ3) is 3.42. The average molecular weight is 310 g/mol. The number of aryl methyl sites for hydroxylation is 2. The van der Waals surface area contributed by atoms with Gasteiger partial charge in [0.05, 0.1) is 11.1 Å². The first-order valence-corrected chi connectivity index (χ1v) is 7.26. The lowest BCUT2D eigenvalue weighted by Crippen LogP contribution is -2.24. The molecule has 2 aromatic carbocycles. The minimum absolute atomic E-state index is 0.201. The van der Waals surface area contributed by atoms with Crippen LogP contribution in [0.25, 0.3) is 0 Å².